The molecule has 0 aliphatic carbocycles. The molecule has 15 nitrogen and oxygen atoms in total. The molecular formula is C44H46F4N5O10. The minimum absolute atomic E-state index is 0.216. The maximum atomic E-state index is 17.0. The van der Waals surface area contributed by atoms with Crippen molar-refractivity contribution in [3.05, 3.63) is 168 Å². The van der Waals surface area contributed by atoms with Crippen molar-refractivity contribution in [2.24, 2.45) is 5.92 Å². The van der Waals surface area contributed by atoms with Gasteiger partial charge in [0, 0.05) is 50.5 Å². The molecule has 2 aliphatic rings. The first kappa shape index (κ1) is 45.2. The van der Waals surface area contributed by atoms with Crippen molar-refractivity contribution in [2.75, 3.05) is 47.6 Å². The largest absolute Gasteiger partial charge is 0.497 e. The van der Waals surface area contributed by atoms with Gasteiger partial charge in [-0.1, -0.05) is 54.6 Å². The van der Waals surface area contributed by atoms with Gasteiger partial charge in [-0.25, -0.2) is 14.0 Å². The highest BCUT2D eigenvalue weighted by molar-refractivity contribution is 5.49. The molecule has 0 saturated carbocycles. The smallest absolute Gasteiger partial charge is 0.401 e. The Balaban J connectivity index is 1.22. The molecule has 63 heavy (non-hydrogen) atoms. The number of rotatable bonds is 17. The fourth-order valence-electron chi connectivity index (χ4n) is 8.24. The zero-order valence-electron chi connectivity index (χ0n) is 34.4. The van der Waals surface area contributed by atoms with Crippen LogP contribution < -0.4 is 32.0 Å². The van der Waals surface area contributed by atoms with Gasteiger partial charge < -0.3 is 28.4 Å². The van der Waals surface area contributed by atoms with E-state index >= 15 is 4.39 Å². The lowest BCUT2D eigenvalue weighted by atomic mass is 9.80. The Bertz CT molecular complexity index is 2480. The molecule has 2 N–H and O–H groups in total. The van der Waals surface area contributed by atoms with Gasteiger partial charge >= 0.3 is 17.6 Å². The Morgan fingerprint density at radius 2 is 1.25 bits per heavy atom. The zero-order valence-corrected chi connectivity index (χ0v) is 34.4. The molecule has 335 valence electrons. The van der Waals surface area contributed by atoms with Crippen LogP contribution in [-0.4, -0.2) is 102 Å². The number of nitrogens with zero attached hydrogens (tertiary/aromatic N) is 3. The monoisotopic (exact) mass is 880 g/mol. The number of benzene rings is 3. The maximum Gasteiger partial charge on any atom is 0.401 e. The first-order valence-corrected chi connectivity index (χ1v) is 20.0. The number of hydrogen-bond donors (Lipinski definition) is 2. The topological polar surface area (TPSA) is 168 Å². The summed E-state index contributed by atoms with van der Waals surface area (Å²) in [5, 5.41) is 0. The van der Waals surface area contributed by atoms with E-state index in [1.807, 2.05) is 54.6 Å². The molecule has 7 atom stereocenters. The second kappa shape index (κ2) is 19.3. The zero-order chi connectivity index (χ0) is 44.9. The number of halogens is 4. The Kier molecular flexibility index (Phi) is 13.8. The Hall–Kier alpha value is -5.86. The van der Waals surface area contributed by atoms with Crippen molar-refractivity contribution in [2.45, 2.75) is 55.1 Å². The van der Waals surface area contributed by atoms with Gasteiger partial charge in [-0.15, -0.1) is 0 Å². The van der Waals surface area contributed by atoms with Gasteiger partial charge in [0.1, 0.15) is 23.2 Å². The Morgan fingerprint density at radius 3 is 1.76 bits per heavy atom. The summed E-state index contributed by atoms with van der Waals surface area (Å²) in [5.41, 5.74) is -2.50. The van der Waals surface area contributed by atoms with E-state index in [9.17, 15) is 32.3 Å². The maximum absolute atomic E-state index is 17.0. The average molecular weight is 881 g/mol. The number of H-pyrrole nitrogens is 2. The van der Waals surface area contributed by atoms with Crippen molar-refractivity contribution < 1.29 is 46.0 Å². The van der Waals surface area contributed by atoms with Gasteiger partial charge in [0.15, 0.2) is 18.6 Å². The van der Waals surface area contributed by atoms with E-state index in [1.54, 1.807) is 24.3 Å². The van der Waals surface area contributed by atoms with Crippen LogP contribution in [0.25, 0.3) is 0 Å². The summed E-state index contributed by atoms with van der Waals surface area (Å²) >= 11 is 0. The molecule has 2 aliphatic heterocycles. The standard InChI is InChI=1S/C44H46F4N5O10/c1-58-30-13-9-28(10-14-30)44(27-7-5-4-6-8-27,29-11-15-31(59-2)16-12-29)61-25-35-33(38(45)40(63-35)53-22-19-37(55)50-42(53)57)17-20-51(26-43(46,47)48)24-32-23-34(60-3)39(62-32)52-21-18-36(54)49-41(52)56/h4-16,18-19,21-23,32-35,38-40H,17,20,24-26H2,1-3H3,(H,49,54,56)(H,50,55,57)/t32-,33-,34-,35-,38-,39-,40-/m1/s1. The van der Waals surface area contributed by atoms with Crippen molar-refractivity contribution in [1.29, 1.82) is 0 Å². The van der Waals surface area contributed by atoms with Crippen LogP contribution in [0.4, 0.5) is 17.6 Å². The van der Waals surface area contributed by atoms with Gasteiger partial charge in [-0.05, 0) is 53.9 Å². The second-order valence-electron chi connectivity index (χ2n) is 15.1. The van der Waals surface area contributed by atoms with Crippen LogP contribution >= 0.6 is 0 Å². The first-order valence-electron chi connectivity index (χ1n) is 20.0. The van der Waals surface area contributed by atoms with E-state index < -0.39 is 83.7 Å². The molecule has 0 amide bonds. The molecule has 2 saturated heterocycles. The highest BCUT2D eigenvalue weighted by Crippen LogP contribution is 2.44. The third kappa shape index (κ3) is 10.0. The van der Waals surface area contributed by atoms with Crippen LogP contribution in [0.2, 0.25) is 0 Å². The van der Waals surface area contributed by atoms with Crippen molar-refractivity contribution in [1.82, 2.24) is 24.0 Å². The number of aromatic amines is 2. The van der Waals surface area contributed by atoms with Crippen LogP contribution in [0.3, 0.4) is 0 Å². The summed E-state index contributed by atoms with van der Waals surface area (Å²) in [7, 11) is 4.41. The molecule has 0 unspecified atom stereocenters. The van der Waals surface area contributed by atoms with Gasteiger partial charge in [-0.3, -0.25) is 33.6 Å². The van der Waals surface area contributed by atoms with Gasteiger partial charge in [0.25, 0.3) is 11.1 Å². The van der Waals surface area contributed by atoms with E-state index in [2.05, 4.69) is 9.97 Å². The van der Waals surface area contributed by atoms with Crippen LogP contribution in [0.15, 0.2) is 123 Å². The van der Waals surface area contributed by atoms with Crippen molar-refractivity contribution >= 4 is 0 Å². The molecule has 3 aromatic carbocycles. The van der Waals surface area contributed by atoms with Gasteiger partial charge in [0.05, 0.1) is 39.6 Å². The van der Waals surface area contributed by atoms with Crippen molar-refractivity contribution in [3.8, 4) is 11.5 Å². The van der Waals surface area contributed by atoms with Crippen LogP contribution in [0, 0.1) is 12.3 Å². The van der Waals surface area contributed by atoms with E-state index in [-0.39, 0.29) is 26.1 Å². The minimum atomic E-state index is -4.68. The van der Waals surface area contributed by atoms with Crippen LogP contribution in [-0.2, 0) is 24.5 Å². The summed E-state index contributed by atoms with van der Waals surface area (Å²) in [6.07, 6.45) is -8.75. The lowest BCUT2D eigenvalue weighted by molar-refractivity contribution is -0.150. The predicted octanol–water partition coefficient (Wildman–Crippen LogP) is 4.34. The number of alkyl halides is 4. The number of nitrogens with one attached hydrogen (secondary N) is 2. The highest BCUT2D eigenvalue weighted by atomic mass is 19.4. The predicted molar refractivity (Wildman–Crippen MR) is 219 cm³/mol. The molecule has 2 fully saturated rings. The lowest BCUT2D eigenvalue weighted by Crippen LogP contribution is -2.42. The lowest BCUT2D eigenvalue weighted by Gasteiger charge is -2.37. The number of aromatic nitrogens is 4. The summed E-state index contributed by atoms with van der Waals surface area (Å²) < 4.78 is 97.3. The van der Waals surface area contributed by atoms with E-state index in [4.69, 9.17) is 28.4 Å². The quantitative estimate of drug-likeness (QED) is 0.101. The minimum Gasteiger partial charge on any atom is -0.497 e. The van der Waals surface area contributed by atoms with Crippen molar-refractivity contribution in [3.63, 3.8) is 0 Å². The fraction of sp³-hybridized carbons (Fsp3) is 0.386. The molecule has 5 aromatic rings. The SMILES string of the molecule is COc1ccc(C(OC[C@H]2O[C@@H](n3ccc(=O)[nH]c3=O)[C@H](F)[C@@H]2CCN(C[C@H]2[CH][C@@H](OC)[C@H](n3ccc(=O)[nH]c3=O)O2)CC(F)(F)F)(c2ccccc2)c2ccc(OC)cc2)cc1. The third-order valence-corrected chi connectivity index (χ3v) is 11.3. The van der Waals surface area contributed by atoms with Crippen LogP contribution in [0.1, 0.15) is 35.6 Å². The molecule has 0 bridgehead atoms. The van der Waals surface area contributed by atoms with Gasteiger partial charge in [-0.2, -0.15) is 13.2 Å². The second-order valence-corrected chi connectivity index (χ2v) is 15.1. The Labute approximate surface area is 357 Å². The summed E-state index contributed by atoms with van der Waals surface area (Å²) in [5.74, 6) is -0.00388. The van der Waals surface area contributed by atoms with E-state index in [0.29, 0.717) is 28.2 Å². The van der Waals surface area contributed by atoms with E-state index in [0.717, 1.165) is 32.4 Å². The molecular weight excluding hydrogens is 835 g/mol. The highest BCUT2D eigenvalue weighted by Gasteiger charge is 2.49. The molecule has 2 aromatic heterocycles. The summed E-state index contributed by atoms with van der Waals surface area (Å²) in [6.45, 7) is -2.39. The summed E-state index contributed by atoms with van der Waals surface area (Å²) in [4.78, 5) is 54.5. The molecule has 19 heteroatoms. The molecule has 7 rings (SSSR count). The number of methoxy groups -OCH3 is 3. The molecule has 1 radical (unpaired) electrons. The first-order chi connectivity index (χ1) is 30.2. The molecule has 4 heterocycles. The average Bonchev–Trinajstić information content (AvgIpc) is 3.82. The normalized spacial score (nSPS) is 22.7. The van der Waals surface area contributed by atoms with E-state index in [1.165, 1.54) is 33.9 Å². The van der Waals surface area contributed by atoms with Crippen LogP contribution in [0.5, 0.6) is 11.5 Å². The summed E-state index contributed by atoms with van der Waals surface area (Å²) in [6, 6.07) is 25.8. The fourth-order valence-corrected chi connectivity index (χ4v) is 8.24. The number of hydrogen-bond acceptors (Lipinski definition) is 11. The number of ether oxygens (including phenoxy) is 6. The molecule has 0 spiro atoms. The third-order valence-electron chi connectivity index (χ3n) is 11.3. The Morgan fingerprint density at radius 1 is 0.714 bits per heavy atom. The van der Waals surface area contributed by atoms with Gasteiger partial charge in [0.2, 0.25) is 0 Å².